The fourth-order valence-corrected chi connectivity index (χ4v) is 1.67. The van der Waals surface area contributed by atoms with Crippen LogP contribution < -0.4 is 0 Å². The van der Waals surface area contributed by atoms with Gasteiger partial charge in [-0.3, -0.25) is 9.48 Å². The maximum atomic E-state index is 13.1. The zero-order valence-corrected chi connectivity index (χ0v) is 9.07. The average Bonchev–Trinajstić information content (AvgIpc) is 2.64. The van der Waals surface area contributed by atoms with Crippen LogP contribution in [0.15, 0.2) is 30.5 Å². The van der Waals surface area contributed by atoms with E-state index in [4.69, 9.17) is 0 Å². The van der Waals surface area contributed by atoms with Gasteiger partial charge in [0.2, 0.25) is 0 Å². The smallest absolute Gasteiger partial charge is 0.160 e. The summed E-state index contributed by atoms with van der Waals surface area (Å²) in [6.45, 7) is 1.43. The molecule has 0 fully saturated rings. The summed E-state index contributed by atoms with van der Waals surface area (Å²) in [5.74, 6) is -0.563. The normalized spacial score (nSPS) is 10.4. The van der Waals surface area contributed by atoms with Crippen LogP contribution in [0.2, 0.25) is 0 Å². The number of hydrogen-bond acceptors (Lipinski definition) is 2. The summed E-state index contributed by atoms with van der Waals surface area (Å²) >= 11 is 0. The molecular weight excluding hydrogens is 207 g/mol. The minimum Gasteiger partial charge on any atom is -0.294 e. The van der Waals surface area contributed by atoms with Crippen LogP contribution in [0.4, 0.5) is 4.39 Å². The Balaban J connectivity index is 2.65. The number of aryl methyl sites for hydroxylation is 1. The second-order valence-corrected chi connectivity index (χ2v) is 3.59. The molecule has 0 aliphatic heterocycles. The molecule has 1 aromatic carbocycles. The van der Waals surface area contributed by atoms with E-state index in [9.17, 15) is 9.18 Å². The van der Waals surface area contributed by atoms with Gasteiger partial charge in [0.05, 0.1) is 5.69 Å². The Kier molecular flexibility index (Phi) is 2.56. The Morgan fingerprint density at radius 2 is 2.12 bits per heavy atom. The minimum absolute atomic E-state index is 0.157. The topological polar surface area (TPSA) is 34.9 Å². The lowest BCUT2D eigenvalue weighted by Gasteiger charge is -2.07. The number of carbonyl (C=O) groups excluding carboxylic acids is 1. The van der Waals surface area contributed by atoms with Crippen molar-refractivity contribution in [2.45, 2.75) is 6.92 Å². The third-order valence-corrected chi connectivity index (χ3v) is 2.46. The molecule has 0 bridgehead atoms. The molecule has 0 aliphatic rings. The van der Waals surface area contributed by atoms with Crippen LogP contribution >= 0.6 is 0 Å². The SMILES string of the molecule is CC(=O)c1cc(F)ccc1-c1ccnn1C. The van der Waals surface area contributed by atoms with Crippen molar-refractivity contribution in [3.63, 3.8) is 0 Å². The number of rotatable bonds is 2. The summed E-state index contributed by atoms with van der Waals surface area (Å²) in [4.78, 5) is 11.4. The molecule has 0 unspecified atom stereocenters. The first-order valence-corrected chi connectivity index (χ1v) is 4.88. The second-order valence-electron chi connectivity index (χ2n) is 3.59. The first-order valence-electron chi connectivity index (χ1n) is 4.88. The highest BCUT2D eigenvalue weighted by Crippen LogP contribution is 2.24. The van der Waals surface area contributed by atoms with Crippen LogP contribution in [0, 0.1) is 5.82 Å². The third kappa shape index (κ3) is 1.74. The van der Waals surface area contributed by atoms with Gasteiger partial charge in [-0.15, -0.1) is 0 Å². The van der Waals surface area contributed by atoms with Crippen molar-refractivity contribution in [2.75, 3.05) is 0 Å². The number of aromatic nitrogens is 2. The van der Waals surface area contributed by atoms with Crippen molar-refractivity contribution in [3.05, 3.63) is 41.8 Å². The number of nitrogens with zero attached hydrogens (tertiary/aromatic N) is 2. The predicted molar refractivity (Wildman–Crippen MR) is 58.6 cm³/mol. The maximum absolute atomic E-state index is 13.1. The lowest BCUT2D eigenvalue weighted by Crippen LogP contribution is -2.01. The first kappa shape index (κ1) is 10.5. The molecule has 1 heterocycles. The molecule has 1 aromatic heterocycles. The number of ketones is 1. The second kappa shape index (κ2) is 3.89. The minimum atomic E-state index is -0.406. The van der Waals surface area contributed by atoms with E-state index in [1.807, 2.05) is 0 Å². The lowest BCUT2D eigenvalue weighted by atomic mass is 10.0. The van der Waals surface area contributed by atoms with Crippen LogP contribution in [0.25, 0.3) is 11.3 Å². The van der Waals surface area contributed by atoms with Crippen LogP contribution in [0.3, 0.4) is 0 Å². The predicted octanol–water partition coefficient (Wildman–Crippen LogP) is 2.43. The van der Waals surface area contributed by atoms with Crippen molar-refractivity contribution in [1.82, 2.24) is 9.78 Å². The number of benzene rings is 1. The van der Waals surface area contributed by atoms with E-state index in [1.54, 1.807) is 30.1 Å². The van der Waals surface area contributed by atoms with Gasteiger partial charge in [0.25, 0.3) is 0 Å². The van der Waals surface area contributed by atoms with E-state index in [0.717, 1.165) is 5.69 Å². The standard InChI is InChI=1S/C12H11FN2O/c1-8(16)11-7-9(13)3-4-10(11)12-5-6-14-15(12)2/h3-7H,1-2H3. The van der Waals surface area contributed by atoms with Gasteiger partial charge < -0.3 is 0 Å². The lowest BCUT2D eigenvalue weighted by molar-refractivity contribution is 0.101. The first-order chi connectivity index (χ1) is 7.59. The number of halogens is 1. The fourth-order valence-electron chi connectivity index (χ4n) is 1.67. The quantitative estimate of drug-likeness (QED) is 0.725. The molecule has 2 rings (SSSR count). The van der Waals surface area contributed by atoms with Gasteiger partial charge in [-0.25, -0.2) is 4.39 Å². The number of hydrogen-bond donors (Lipinski definition) is 0. The summed E-state index contributed by atoms with van der Waals surface area (Å²) in [6, 6.07) is 5.99. The highest BCUT2D eigenvalue weighted by Gasteiger charge is 2.12. The van der Waals surface area contributed by atoms with Gasteiger partial charge in [-0.05, 0) is 31.2 Å². The summed E-state index contributed by atoms with van der Waals surface area (Å²) in [5.41, 5.74) is 1.88. The van der Waals surface area contributed by atoms with Crippen molar-refractivity contribution >= 4 is 5.78 Å². The van der Waals surface area contributed by atoms with Gasteiger partial charge in [0.1, 0.15) is 5.82 Å². The zero-order chi connectivity index (χ0) is 11.7. The molecule has 0 saturated heterocycles. The molecule has 4 heteroatoms. The van der Waals surface area contributed by atoms with Crippen molar-refractivity contribution in [2.24, 2.45) is 7.05 Å². The summed E-state index contributed by atoms with van der Waals surface area (Å²) < 4.78 is 14.7. The molecule has 0 aliphatic carbocycles. The number of carbonyl (C=O) groups is 1. The molecule has 0 N–H and O–H groups in total. The Bertz CT molecular complexity index is 546. The molecule has 0 spiro atoms. The molecule has 3 nitrogen and oxygen atoms in total. The van der Waals surface area contributed by atoms with E-state index in [-0.39, 0.29) is 5.78 Å². The highest BCUT2D eigenvalue weighted by molar-refractivity contribution is 6.00. The Morgan fingerprint density at radius 1 is 1.38 bits per heavy atom. The van der Waals surface area contributed by atoms with Crippen LogP contribution in [-0.4, -0.2) is 15.6 Å². The maximum Gasteiger partial charge on any atom is 0.160 e. The van der Waals surface area contributed by atoms with Gasteiger partial charge in [0.15, 0.2) is 5.78 Å². The molecule has 0 saturated carbocycles. The summed E-state index contributed by atoms with van der Waals surface area (Å²) in [5, 5.41) is 4.03. The summed E-state index contributed by atoms with van der Waals surface area (Å²) in [6.07, 6.45) is 1.64. The fraction of sp³-hybridized carbons (Fsp3) is 0.167. The molecule has 2 aromatic rings. The van der Waals surface area contributed by atoms with Crippen LogP contribution in [0.1, 0.15) is 17.3 Å². The van der Waals surface area contributed by atoms with Crippen LogP contribution in [0.5, 0.6) is 0 Å². The molecular formula is C12H11FN2O. The Labute approximate surface area is 92.5 Å². The molecule has 16 heavy (non-hydrogen) atoms. The van der Waals surface area contributed by atoms with E-state index in [0.29, 0.717) is 11.1 Å². The van der Waals surface area contributed by atoms with Gasteiger partial charge in [-0.1, -0.05) is 0 Å². The van der Waals surface area contributed by atoms with Gasteiger partial charge >= 0.3 is 0 Å². The van der Waals surface area contributed by atoms with Gasteiger partial charge in [-0.2, -0.15) is 5.10 Å². The Morgan fingerprint density at radius 3 is 2.69 bits per heavy atom. The van der Waals surface area contributed by atoms with E-state index < -0.39 is 5.82 Å². The highest BCUT2D eigenvalue weighted by atomic mass is 19.1. The average molecular weight is 218 g/mol. The van der Waals surface area contributed by atoms with E-state index >= 15 is 0 Å². The van der Waals surface area contributed by atoms with E-state index in [2.05, 4.69) is 5.10 Å². The van der Waals surface area contributed by atoms with E-state index in [1.165, 1.54) is 19.1 Å². The van der Waals surface area contributed by atoms with Crippen molar-refractivity contribution in [1.29, 1.82) is 0 Å². The van der Waals surface area contributed by atoms with Crippen molar-refractivity contribution in [3.8, 4) is 11.3 Å². The molecule has 0 atom stereocenters. The Hall–Kier alpha value is -1.97. The summed E-state index contributed by atoms with van der Waals surface area (Å²) in [7, 11) is 1.78. The van der Waals surface area contributed by atoms with Crippen molar-refractivity contribution < 1.29 is 9.18 Å². The third-order valence-electron chi connectivity index (χ3n) is 2.46. The zero-order valence-electron chi connectivity index (χ0n) is 9.07. The van der Waals surface area contributed by atoms with Gasteiger partial charge in [0, 0.05) is 24.4 Å². The van der Waals surface area contributed by atoms with Crippen LogP contribution in [-0.2, 0) is 7.05 Å². The molecule has 0 radical (unpaired) electrons. The number of Topliss-reactive ketones (excluding diaryl/α,β-unsaturated/α-hetero) is 1. The molecule has 82 valence electrons. The molecule has 0 amide bonds. The largest absolute Gasteiger partial charge is 0.294 e. The monoisotopic (exact) mass is 218 g/mol.